The van der Waals surface area contributed by atoms with Crippen molar-refractivity contribution in [2.45, 2.75) is 18.9 Å². The Kier molecular flexibility index (Phi) is 3.16. The molecule has 1 aliphatic heterocycles. The van der Waals surface area contributed by atoms with Crippen LogP contribution in [0.4, 0.5) is 0 Å². The zero-order valence-electron chi connectivity index (χ0n) is 10.9. The molecule has 2 unspecified atom stereocenters. The monoisotopic (exact) mass is 238 g/mol. The van der Waals surface area contributed by atoms with Crippen molar-refractivity contribution < 1.29 is 4.90 Å². The Morgan fingerprint density at radius 3 is 2.56 bits per heavy atom. The first-order valence-electron chi connectivity index (χ1n) is 6.78. The zero-order valence-corrected chi connectivity index (χ0v) is 10.9. The van der Waals surface area contributed by atoms with Gasteiger partial charge in [0.1, 0.15) is 6.04 Å². The molecular weight excluding hydrogens is 218 g/mol. The van der Waals surface area contributed by atoms with Crippen molar-refractivity contribution in [3.05, 3.63) is 71.3 Å². The Morgan fingerprint density at radius 1 is 1.00 bits per heavy atom. The summed E-state index contributed by atoms with van der Waals surface area (Å²) in [4.78, 5) is 1.64. The van der Waals surface area contributed by atoms with E-state index in [1.54, 1.807) is 16.0 Å². The average Bonchev–Trinajstić information content (AvgIpc) is 2.43. The maximum Gasteiger partial charge on any atom is 0.117 e. The predicted octanol–water partition coefficient (Wildman–Crippen LogP) is 2.04. The van der Waals surface area contributed by atoms with Gasteiger partial charge in [0.25, 0.3) is 0 Å². The van der Waals surface area contributed by atoms with Crippen LogP contribution in [0, 0.1) is 0 Å². The fourth-order valence-corrected chi connectivity index (χ4v) is 3.01. The van der Waals surface area contributed by atoms with Gasteiger partial charge in [-0.25, -0.2) is 0 Å². The van der Waals surface area contributed by atoms with E-state index in [-0.39, 0.29) is 0 Å². The SMILES string of the molecule is C[NH+]1CCc2ccccc2C1Cc1ccccc1. The lowest BCUT2D eigenvalue weighted by molar-refractivity contribution is -0.914. The van der Waals surface area contributed by atoms with Gasteiger partial charge in [-0.3, -0.25) is 0 Å². The number of nitrogens with one attached hydrogen (secondary N) is 1. The van der Waals surface area contributed by atoms with Crippen LogP contribution in [0.1, 0.15) is 22.7 Å². The van der Waals surface area contributed by atoms with Gasteiger partial charge in [0.05, 0.1) is 13.6 Å². The lowest BCUT2D eigenvalue weighted by Gasteiger charge is -2.31. The molecule has 3 rings (SSSR count). The lowest BCUT2D eigenvalue weighted by atomic mass is 9.89. The van der Waals surface area contributed by atoms with Gasteiger partial charge in [-0.2, -0.15) is 0 Å². The van der Waals surface area contributed by atoms with Gasteiger partial charge < -0.3 is 4.90 Å². The quantitative estimate of drug-likeness (QED) is 0.816. The Labute approximate surface area is 109 Å². The van der Waals surface area contributed by atoms with Crippen LogP contribution in [0.15, 0.2) is 54.6 Å². The van der Waals surface area contributed by atoms with Crippen molar-refractivity contribution in [3.63, 3.8) is 0 Å². The summed E-state index contributed by atoms with van der Waals surface area (Å²) in [6.07, 6.45) is 2.36. The van der Waals surface area contributed by atoms with E-state index in [4.69, 9.17) is 0 Å². The zero-order chi connectivity index (χ0) is 12.4. The highest BCUT2D eigenvalue weighted by molar-refractivity contribution is 5.31. The minimum absolute atomic E-state index is 0.609. The molecule has 0 bridgehead atoms. The van der Waals surface area contributed by atoms with E-state index in [0.29, 0.717) is 6.04 Å². The molecule has 1 nitrogen and oxygen atoms in total. The molecule has 0 fully saturated rings. The van der Waals surface area contributed by atoms with Gasteiger partial charge in [0.2, 0.25) is 0 Å². The van der Waals surface area contributed by atoms with Crippen LogP contribution in [0.5, 0.6) is 0 Å². The third kappa shape index (κ3) is 2.19. The molecule has 0 amide bonds. The molecule has 0 aromatic heterocycles. The summed E-state index contributed by atoms with van der Waals surface area (Å²) in [5.41, 5.74) is 4.53. The van der Waals surface area contributed by atoms with Crippen LogP contribution in [0.3, 0.4) is 0 Å². The Morgan fingerprint density at radius 2 is 1.72 bits per heavy atom. The fraction of sp³-hybridized carbons (Fsp3) is 0.294. The molecule has 1 aliphatic rings. The largest absolute Gasteiger partial charge is 0.331 e. The van der Waals surface area contributed by atoms with Gasteiger partial charge in [0, 0.05) is 18.4 Å². The Balaban J connectivity index is 1.91. The third-order valence-electron chi connectivity index (χ3n) is 4.10. The topological polar surface area (TPSA) is 4.44 Å². The van der Waals surface area contributed by atoms with Gasteiger partial charge in [-0.1, -0.05) is 54.6 Å². The molecule has 0 saturated carbocycles. The van der Waals surface area contributed by atoms with Crippen LogP contribution in [0.2, 0.25) is 0 Å². The highest BCUT2D eigenvalue weighted by Crippen LogP contribution is 2.22. The highest BCUT2D eigenvalue weighted by Gasteiger charge is 2.27. The van der Waals surface area contributed by atoms with Crippen LogP contribution < -0.4 is 4.90 Å². The van der Waals surface area contributed by atoms with Crippen molar-refractivity contribution in [2.75, 3.05) is 13.6 Å². The molecule has 2 atom stereocenters. The van der Waals surface area contributed by atoms with Gasteiger partial charge >= 0.3 is 0 Å². The molecule has 1 heteroatoms. The number of fused-ring (bicyclic) bond motifs is 1. The first-order chi connectivity index (χ1) is 8.84. The summed E-state index contributed by atoms with van der Waals surface area (Å²) in [7, 11) is 2.32. The minimum Gasteiger partial charge on any atom is -0.331 e. The van der Waals surface area contributed by atoms with E-state index in [1.165, 1.54) is 18.5 Å². The summed E-state index contributed by atoms with van der Waals surface area (Å²) in [6.45, 7) is 1.24. The number of likely N-dealkylation sites (N-methyl/N-ethyl adjacent to an activating group) is 1. The van der Waals surface area contributed by atoms with E-state index in [9.17, 15) is 0 Å². The number of quaternary nitrogens is 1. The molecule has 2 aromatic rings. The van der Waals surface area contributed by atoms with Gasteiger partial charge in [-0.15, -0.1) is 0 Å². The molecule has 0 aliphatic carbocycles. The van der Waals surface area contributed by atoms with E-state index >= 15 is 0 Å². The number of rotatable bonds is 2. The summed E-state index contributed by atoms with van der Waals surface area (Å²) in [6, 6.07) is 20.4. The smallest absolute Gasteiger partial charge is 0.117 e. The third-order valence-corrected chi connectivity index (χ3v) is 4.10. The summed E-state index contributed by atoms with van der Waals surface area (Å²) < 4.78 is 0. The molecule has 0 radical (unpaired) electrons. The number of hydrogen-bond donors (Lipinski definition) is 1. The van der Waals surface area contributed by atoms with Crippen molar-refractivity contribution in [2.24, 2.45) is 0 Å². The maximum absolute atomic E-state index is 2.32. The fourth-order valence-electron chi connectivity index (χ4n) is 3.01. The first kappa shape index (κ1) is 11.5. The van der Waals surface area contributed by atoms with E-state index in [0.717, 1.165) is 6.42 Å². The molecule has 18 heavy (non-hydrogen) atoms. The summed E-state index contributed by atoms with van der Waals surface area (Å²) >= 11 is 0. The van der Waals surface area contributed by atoms with Crippen LogP contribution >= 0.6 is 0 Å². The maximum atomic E-state index is 2.32. The minimum atomic E-state index is 0.609. The Hall–Kier alpha value is -1.60. The second-order valence-corrected chi connectivity index (χ2v) is 5.29. The molecule has 1 heterocycles. The van der Waals surface area contributed by atoms with Gasteiger partial charge in [-0.05, 0) is 11.1 Å². The van der Waals surface area contributed by atoms with Crippen molar-refractivity contribution in [1.29, 1.82) is 0 Å². The van der Waals surface area contributed by atoms with Crippen molar-refractivity contribution >= 4 is 0 Å². The summed E-state index contributed by atoms with van der Waals surface area (Å²) in [5.74, 6) is 0. The molecule has 0 saturated heterocycles. The standard InChI is InChI=1S/C17H19N/c1-18-12-11-15-9-5-6-10-16(15)17(18)13-14-7-3-2-4-8-14/h2-10,17H,11-13H2,1H3/p+1. The van der Waals surface area contributed by atoms with Crippen LogP contribution in [-0.2, 0) is 12.8 Å². The van der Waals surface area contributed by atoms with E-state index in [1.807, 2.05) is 0 Å². The van der Waals surface area contributed by atoms with E-state index < -0.39 is 0 Å². The first-order valence-corrected chi connectivity index (χ1v) is 6.78. The second-order valence-electron chi connectivity index (χ2n) is 5.29. The normalized spacial score (nSPS) is 22.5. The van der Waals surface area contributed by atoms with Crippen molar-refractivity contribution in [3.8, 4) is 0 Å². The van der Waals surface area contributed by atoms with Crippen LogP contribution in [0.25, 0.3) is 0 Å². The predicted molar refractivity (Wildman–Crippen MR) is 74.8 cm³/mol. The number of benzene rings is 2. The van der Waals surface area contributed by atoms with Crippen LogP contribution in [-0.4, -0.2) is 13.6 Å². The molecule has 0 spiro atoms. The molecule has 1 N–H and O–H groups in total. The highest BCUT2D eigenvalue weighted by atomic mass is 15.1. The Bertz CT molecular complexity index is 518. The second kappa shape index (κ2) is 4.95. The van der Waals surface area contributed by atoms with Crippen molar-refractivity contribution in [1.82, 2.24) is 0 Å². The van der Waals surface area contributed by atoms with Gasteiger partial charge in [0.15, 0.2) is 0 Å². The number of hydrogen-bond acceptors (Lipinski definition) is 0. The molecule has 2 aromatic carbocycles. The average molecular weight is 238 g/mol. The summed E-state index contributed by atoms with van der Waals surface area (Å²) in [5, 5.41) is 0. The lowest BCUT2D eigenvalue weighted by Crippen LogP contribution is -3.10. The van der Waals surface area contributed by atoms with E-state index in [2.05, 4.69) is 61.6 Å². The molecule has 92 valence electrons. The molecular formula is C17H20N+.